The summed E-state index contributed by atoms with van der Waals surface area (Å²) < 4.78 is 11.3. The minimum atomic E-state index is -0.0150. The van der Waals surface area contributed by atoms with Gasteiger partial charge in [-0.1, -0.05) is 6.07 Å². The fourth-order valence-corrected chi connectivity index (χ4v) is 3.03. The van der Waals surface area contributed by atoms with Gasteiger partial charge < -0.3 is 25.4 Å². The predicted octanol–water partition coefficient (Wildman–Crippen LogP) is 1.15. The number of ether oxygens (including phenoxy) is 2. The normalized spacial score (nSPS) is 23.8. The number of rotatable bonds is 4. The number of carbonyl (C=O) groups is 1. The number of nitrogen functional groups attached to an aromatic ring is 1. The number of para-hydroxylation sites is 1. The molecule has 1 amide bonds. The van der Waals surface area contributed by atoms with Crippen molar-refractivity contribution in [3.05, 3.63) is 18.2 Å². The Hall–Kier alpha value is -1.95. The smallest absolute Gasteiger partial charge is 0.239 e. The topological polar surface area (TPSA) is 76.8 Å². The average molecular weight is 305 g/mol. The molecule has 2 unspecified atom stereocenters. The fourth-order valence-electron chi connectivity index (χ4n) is 3.03. The van der Waals surface area contributed by atoms with Crippen molar-refractivity contribution in [3.63, 3.8) is 0 Å². The Morgan fingerprint density at radius 1 is 1.50 bits per heavy atom. The molecule has 1 aromatic rings. The lowest BCUT2D eigenvalue weighted by molar-refractivity contribution is -0.120. The molecule has 6 heteroatoms. The highest BCUT2D eigenvalue weighted by Crippen LogP contribution is 2.37. The van der Waals surface area contributed by atoms with Crippen LogP contribution in [0, 0.1) is 0 Å². The standard InChI is InChI=1S/C16H23N3O3/c1-11-9-19(16-13(17)5-2-6-14(16)22-11)10-15(20)18-8-12-4-3-7-21-12/h2,5-6,11-12H,3-4,7-10,17H2,1H3,(H,18,20). The van der Waals surface area contributed by atoms with Gasteiger partial charge in [-0.3, -0.25) is 4.79 Å². The highest BCUT2D eigenvalue weighted by Gasteiger charge is 2.26. The summed E-state index contributed by atoms with van der Waals surface area (Å²) in [4.78, 5) is 14.2. The van der Waals surface area contributed by atoms with E-state index in [2.05, 4.69) is 5.32 Å². The van der Waals surface area contributed by atoms with Gasteiger partial charge in [-0.05, 0) is 31.9 Å². The maximum atomic E-state index is 12.2. The van der Waals surface area contributed by atoms with E-state index in [4.69, 9.17) is 15.2 Å². The lowest BCUT2D eigenvalue weighted by Gasteiger charge is -2.35. The molecule has 120 valence electrons. The van der Waals surface area contributed by atoms with Crippen LogP contribution in [0.3, 0.4) is 0 Å². The van der Waals surface area contributed by atoms with Crippen LogP contribution in [0.2, 0.25) is 0 Å². The monoisotopic (exact) mass is 305 g/mol. The summed E-state index contributed by atoms with van der Waals surface area (Å²) >= 11 is 0. The molecule has 1 aromatic carbocycles. The van der Waals surface area contributed by atoms with Crippen molar-refractivity contribution in [3.8, 4) is 5.75 Å². The molecule has 0 saturated carbocycles. The number of anilines is 2. The van der Waals surface area contributed by atoms with E-state index in [0.717, 1.165) is 30.9 Å². The Kier molecular flexibility index (Phi) is 4.38. The van der Waals surface area contributed by atoms with Gasteiger partial charge in [0.25, 0.3) is 0 Å². The van der Waals surface area contributed by atoms with Crippen molar-refractivity contribution in [2.24, 2.45) is 0 Å². The molecular formula is C16H23N3O3. The molecule has 0 aromatic heterocycles. The number of benzene rings is 1. The highest BCUT2D eigenvalue weighted by atomic mass is 16.5. The molecular weight excluding hydrogens is 282 g/mol. The first kappa shape index (κ1) is 15.0. The van der Waals surface area contributed by atoms with Crippen molar-refractivity contribution in [2.45, 2.75) is 32.0 Å². The first-order valence-electron chi connectivity index (χ1n) is 7.82. The molecule has 3 N–H and O–H groups in total. The summed E-state index contributed by atoms with van der Waals surface area (Å²) in [5.41, 5.74) is 7.50. The summed E-state index contributed by atoms with van der Waals surface area (Å²) in [5.74, 6) is 0.726. The largest absolute Gasteiger partial charge is 0.487 e. The van der Waals surface area contributed by atoms with Crippen molar-refractivity contribution >= 4 is 17.3 Å². The summed E-state index contributed by atoms with van der Waals surface area (Å²) in [7, 11) is 0. The second-order valence-corrected chi connectivity index (χ2v) is 5.94. The zero-order valence-electron chi connectivity index (χ0n) is 12.9. The van der Waals surface area contributed by atoms with Gasteiger partial charge in [0, 0.05) is 13.2 Å². The third-order valence-corrected chi connectivity index (χ3v) is 4.04. The molecule has 2 heterocycles. The second kappa shape index (κ2) is 6.44. The predicted molar refractivity (Wildman–Crippen MR) is 85.1 cm³/mol. The van der Waals surface area contributed by atoms with E-state index in [9.17, 15) is 4.79 Å². The minimum absolute atomic E-state index is 0.0150. The SMILES string of the molecule is CC1CN(CC(=O)NCC2CCCO2)c2c(N)cccc2O1. The van der Waals surface area contributed by atoms with Gasteiger partial charge in [0.2, 0.25) is 5.91 Å². The summed E-state index contributed by atoms with van der Waals surface area (Å²) in [6, 6.07) is 5.58. The van der Waals surface area contributed by atoms with Crippen LogP contribution in [-0.2, 0) is 9.53 Å². The number of hydrogen-bond donors (Lipinski definition) is 2. The third-order valence-electron chi connectivity index (χ3n) is 4.04. The zero-order chi connectivity index (χ0) is 15.5. The molecule has 1 fully saturated rings. The van der Waals surface area contributed by atoms with E-state index < -0.39 is 0 Å². The number of hydrogen-bond acceptors (Lipinski definition) is 5. The van der Waals surface area contributed by atoms with Crippen LogP contribution in [-0.4, -0.2) is 44.4 Å². The molecule has 2 aliphatic rings. The van der Waals surface area contributed by atoms with Crippen LogP contribution in [0.4, 0.5) is 11.4 Å². The van der Waals surface area contributed by atoms with Gasteiger partial charge >= 0.3 is 0 Å². The Morgan fingerprint density at radius 2 is 2.36 bits per heavy atom. The molecule has 2 aliphatic heterocycles. The van der Waals surface area contributed by atoms with Gasteiger partial charge in [-0.25, -0.2) is 0 Å². The van der Waals surface area contributed by atoms with Gasteiger partial charge in [0.15, 0.2) is 0 Å². The van der Waals surface area contributed by atoms with Crippen LogP contribution in [0.25, 0.3) is 0 Å². The number of carbonyl (C=O) groups excluding carboxylic acids is 1. The number of nitrogens with two attached hydrogens (primary N) is 1. The fraction of sp³-hybridized carbons (Fsp3) is 0.562. The molecule has 1 saturated heterocycles. The average Bonchev–Trinajstić information content (AvgIpc) is 2.98. The van der Waals surface area contributed by atoms with Gasteiger partial charge in [0.05, 0.1) is 24.9 Å². The third kappa shape index (κ3) is 3.27. The van der Waals surface area contributed by atoms with Crippen LogP contribution in [0.1, 0.15) is 19.8 Å². The quantitative estimate of drug-likeness (QED) is 0.816. The van der Waals surface area contributed by atoms with E-state index in [1.807, 2.05) is 30.0 Å². The molecule has 0 aliphatic carbocycles. The van der Waals surface area contributed by atoms with E-state index in [1.54, 1.807) is 0 Å². The van der Waals surface area contributed by atoms with Crippen molar-refractivity contribution < 1.29 is 14.3 Å². The van der Waals surface area contributed by atoms with Crippen LogP contribution >= 0.6 is 0 Å². The van der Waals surface area contributed by atoms with E-state index >= 15 is 0 Å². The lowest BCUT2D eigenvalue weighted by atomic mass is 10.1. The molecule has 0 spiro atoms. The lowest BCUT2D eigenvalue weighted by Crippen LogP contribution is -2.45. The first-order chi connectivity index (χ1) is 10.6. The van der Waals surface area contributed by atoms with E-state index in [0.29, 0.717) is 18.8 Å². The van der Waals surface area contributed by atoms with Crippen LogP contribution < -0.4 is 20.7 Å². The molecule has 6 nitrogen and oxygen atoms in total. The second-order valence-electron chi connectivity index (χ2n) is 5.94. The number of amides is 1. The molecule has 2 atom stereocenters. The number of fused-ring (bicyclic) bond motifs is 1. The van der Waals surface area contributed by atoms with E-state index in [-0.39, 0.29) is 24.7 Å². The Bertz CT molecular complexity index is 543. The molecule has 3 rings (SSSR count). The number of nitrogens with one attached hydrogen (secondary N) is 1. The van der Waals surface area contributed by atoms with Crippen molar-refractivity contribution in [2.75, 3.05) is 36.9 Å². The summed E-state index contributed by atoms with van der Waals surface area (Å²) in [6.07, 6.45) is 2.28. The molecule has 0 bridgehead atoms. The van der Waals surface area contributed by atoms with Gasteiger partial charge in [-0.15, -0.1) is 0 Å². The number of nitrogens with zero attached hydrogens (tertiary/aromatic N) is 1. The summed E-state index contributed by atoms with van der Waals surface area (Å²) in [5, 5.41) is 2.95. The maximum absolute atomic E-state index is 12.2. The Labute approximate surface area is 130 Å². The Morgan fingerprint density at radius 3 is 3.14 bits per heavy atom. The van der Waals surface area contributed by atoms with Crippen molar-refractivity contribution in [1.29, 1.82) is 0 Å². The van der Waals surface area contributed by atoms with E-state index in [1.165, 1.54) is 0 Å². The summed E-state index contributed by atoms with van der Waals surface area (Å²) in [6.45, 7) is 4.29. The minimum Gasteiger partial charge on any atom is -0.487 e. The van der Waals surface area contributed by atoms with Crippen LogP contribution in [0.15, 0.2) is 18.2 Å². The molecule has 22 heavy (non-hydrogen) atoms. The highest BCUT2D eigenvalue weighted by molar-refractivity contribution is 5.85. The Balaban J connectivity index is 1.63. The van der Waals surface area contributed by atoms with Gasteiger partial charge in [0.1, 0.15) is 17.5 Å². The van der Waals surface area contributed by atoms with Crippen molar-refractivity contribution in [1.82, 2.24) is 5.32 Å². The first-order valence-corrected chi connectivity index (χ1v) is 7.82. The maximum Gasteiger partial charge on any atom is 0.239 e. The van der Waals surface area contributed by atoms with Gasteiger partial charge in [-0.2, -0.15) is 0 Å². The molecule has 0 radical (unpaired) electrons. The zero-order valence-corrected chi connectivity index (χ0v) is 12.9. The van der Waals surface area contributed by atoms with Crippen LogP contribution in [0.5, 0.6) is 5.75 Å².